The summed E-state index contributed by atoms with van der Waals surface area (Å²) < 4.78 is 5.05. The summed E-state index contributed by atoms with van der Waals surface area (Å²) in [5, 5.41) is 2.94. The van der Waals surface area contributed by atoms with E-state index in [1.54, 1.807) is 0 Å². The van der Waals surface area contributed by atoms with E-state index < -0.39 is 0 Å². The third-order valence-corrected chi connectivity index (χ3v) is 0.952. The normalized spacial score (nSPS) is 17.6. The smallest absolute Gasteiger partial charge is 0.158 e. The van der Waals surface area contributed by atoms with Crippen molar-refractivity contribution in [2.24, 2.45) is 0 Å². The zero-order valence-electron chi connectivity index (χ0n) is 4.40. The van der Waals surface area contributed by atoms with E-state index in [4.69, 9.17) is 4.74 Å². The van der Waals surface area contributed by atoms with Gasteiger partial charge in [0.1, 0.15) is 5.76 Å². The maximum atomic E-state index is 5.05. The molecule has 7 heavy (non-hydrogen) atoms. The molecular weight excluding hydrogens is 90.1 g/mol. The van der Waals surface area contributed by atoms with Crippen molar-refractivity contribution in [1.29, 1.82) is 0 Å². The molecule has 1 rings (SSSR count). The molecule has 0 amide bonds. The Balaban J connectivity index is 2.36. The lowest BCUT2D eigenvalue weighted by molar-refractivity contribution is 0.225. The van der Waals surface area contributed by atoms with Gasteiger partial charge in [-0.3, -0.25) is 0 Å². The average Bonchev–Trinajstić information content (AvgIpc) is 2.14. The van der Waals surface area contributed by atoms with Crippen LogP contribution in [0.3, 0.4) is 0 Å². The van der Waals surface area contributed by atoms with Crippen LogP contribution in [0.1, 0.15) is 13.3 Å². The minimum atomic E-state index is 0.656. The van der Waals surface area contributed by atoms with Gasteiger partial charge in [-0.25, -0.2) is 0 Å². The molecule has 0 saturated carbocycles. The van der Waals surface area contributed by atoms with Crippen LogP contribution in [0.2, 0.25) is 0 Å². The molecule has 2 heteroatoms. The maximum Gasteiger partial charge on any atom is 0.158 e. The predicted molar refractivity (Wildman–Crippen MR) is 27.5 cm³/mol. The first-order valence-electron chi connectivity index (χ1n) is 2.48. The largest absolute Gasteiger partial charge is 0.476 e. The van der Waals surface area contributed by atoms with E-state index >= 15 is 0 Å². The molecule has 0 aromatic carbocycles. The number of hydrogen-bond acceptors (Lipinski definition) is 2. The molecule has 0 aliphatic carbocycles. The van der Waals surface area contributed by atoms with E-state index in [1.807, 2.05) is 6.20 Å². The van der Waals surface area contributed by atoms with E-state index in [1.165, 1.54) is 0 Å². The molecule has 1 heterocycles. The number of allylic oxidation sites excluding steroid dienone is 1. The van der Waals surface area contributed by atoms with Gasteiger partial charge in [0.05, 0.1) is 0 Å². The second-order valence-corrected chi connectivity index (χ2v) is 1.46. The Morgan fingerprint density at radius 2 is 2.86 bits per heavy atom. The van der Waals surface area contributed by atoms with Gasteiger partial charge in [-0.05, 0) is 0 Å². The summed E-state index contributed by atoms with van der Waals surface area (Å²) >= 11 is 0. The van der Waals surface area contributed by atoms with Gasteiger partial charge >= 0.3 is 0 Å². The first kappa shape index (κ1) is 4.50. The third-order valence-electron chi connectivity index (χ3n) is 0.952. The van der Waals surface area contributed by atoms with E-state index in [-0.39, 0.29) is 0 Å². The van der Waals surface area contributed by atoms with E-state index in [9.17, 15) is 0 Å². The summed E-state index contributed by atoms with van der Waals surface area (Å²) in [6.07, 6.45) is 2.90. The summed E-state index contributed by atoms with van der Waals surface area (Å²) in [5.74, 6) is 1.06. The molecule has 0 saturated heterocycles. The van der Waals surface area contributed by atoms with Crippen LogP contribution < -0.4 is 5.32 Å². The Morgan fingerprint density at radius 3 is 3.14 bits per heavy atom. The highest BCUT2D eigenvalue weighted by molar-refractivity contribution is 4.93. The van der Waals surface area contributed by atoms with Crippen LogP contribution in [-0.4, -0.2) is 6.73 Å². The predicted octanol–water partition coefficient (Wildman–Crippen LogP) is 0.815. The van der Waals surface area contributed by atoms with Gasteiger partial charge in [-0.1, -0.05) is 6.92 Å². The van der Waals surface area contributed by atoms with Crippen LogP contribution in [0, 0.1) is 0 Å². The highest BCUT2D eigenvalue weighted by Gasteiger charge is 1.97. The molecule has 0 radical (unpaired) electrons. The number of nitrogens with one attached hydrogen (secondary N) is 1. The van der Waals surface area contributed by atoms with Crippen LogP contribution in [0.15, 0.2) is 12.0 Å². The van der Waals surface area contributed by atoms with Crippen molar-refractivity contribution in [2.75, 3.05) is 6.73 Å². The maximum absolute atomic E-state index is 5.05. The Labute approximate surface area is 43.2 Å². The molecule has 0 bridgehead atoms. The van der Waals surface area contributed by atoms with E-state index in [0.29, 0.717) is 6.73 Å². The molecule has 0 unspecified atom stereocenters. The lowest BCUT2D eigenvalue weighted by Gasteiger charge is -1.93. The minimum absolute atomic E-state index is 0.656. The number of hydrogen-bond donors (Lipinski definition) is 1. The highest BCUT2D eigenvalue weighted by Crippen LogP contribution is 2.03. The molecule has 2 nitrogen and oxygen atoms in total. The van der Waals surface area contributed by atoms with Crippen molar-refractivity contribution in [3.8, 4) is 0 Å². The lowest BCUT2D eigenvalue weighted by atomic mass is 10.4. The molecule has 0 fully saturated rings. The molecule has 0 aromatic heterocycles. The van der Waals surface area contributed by atoms with Gasteiger partial charge in [0.2, 0.25) is 0 Å². The lowest BCUT2D eigenvalue weighted by Crippen LogP contribution is -1.98. The quantitative estimate of drug-likeness (QED) is 0.525. The van der Waals surface area contributed by atoms with Crippen molar-refractivity contribution in [3.63, 3.8) is 0 Å². The van der Waals surface area contributed by atoms with Gasteiger partial charge in [-0.15, -0.1) is 0 Å². The second kappa shape index (κ2) is 1.87. The van der Waals surface area contributed by atoms with Crippen molar-refractivity contribution >= 4 is 0 Å². The standard InChI is InChI=1S/C5H9NO/c1-2-5-3-6-4-7-5/h3,6H,2,4H2,1H3. The Hall–Kier alpha value is -0.660. The van der Waals surface area contributed by atoms with Crippen molar-refractivity contribution in [2.45, 2.75) is 13.3 Å². The minimum Gasteiger partial charge on any atom is -0.476 e. The zero-order chi connectivity index (χ0) is 5.11. The van der Waals surface area contributed by atoms with Crippen molar-refractivity contribution in [1.82, 2.24) is 5.32 Å². The Bertz CT molecular complexity index is 88.1. The summed E-state index contributed by atoms with van der Waals surface area (Å²) in [6.45, 7) is 2.72. The summed E-state index contributed by atoms with van der Waals surface area (Å²) in [4.78, 5) is 0. The van der Waals surface area contributed by atoms with Crippen molar-refractivity contribution < 1.29 is 4.74 Å². The third kappa shape index (κ3) is 0.856. The molecule has 40 valence electrons. The number of rotatable bonds is 1. The van der Waals surface area contributed by atoms with E-state index in [0.717, 1.165) is 12.2 Å². The molecule has 0 aromatic rings. The Morgan fingerprint density at radius 1 is 2.00 bits per heavy atom. The van der Waals surface area contributed by atoms with Gasteiger partial charge < -0.3 is 10.1 Å². The molecule has 1 N–H and O–H groups in total. The zero-order valence-corrected chi connectivity index (χ0v) is 4.40. The first-order valence-corrected chi connectivity index (χ1v) is 2.48. The van der Waals surface area contributed by atoms with Crippen LogP contribution in [-0.2, 0) is 4.74 Å². The fraction of sp³-hybridized carbons (Fsp3) is 0.600. The average molecular weight is 99.1 g/mol. The molecular formula is C5H9NO. The van der Waals surface area contributed by atoms with Crippen molar-refractivity contribution in [3.05, 3.63) is 12.0 Å². The summed E-state index contributed by atoms with van der Waals surface area (Å²) in [7, 11) is 0. The van der Waals surface area contributed by atoms with Gasteiger partial charge in [0.15, 0.2) is 6.73 Å². The monoisotopic (exact) mass is 99.1 g/mol. The fourth-order valence-corrected chi connectivity index (χ4v) is 0.536. The summed E-state index contributed by atoms with van der Waals surface area (Å²) in [6, 6.07) is 0. The van der Waals surface area contributed by atoms with Crippen LogP contribution in [0.25, 0.3) is 0 Å². The molecule has 0 spiro atoms. The fourth-order valence-electron chi connectivity index (χ4n) is 0.536. The first-order chi connectivity index (χ1) is 3.43. The molecule has 0 atom stereocenters. The molecule has 1 aliphatic rings. The second-order valence-electron chi connectivity index (χ2n) is 1.46. The number of ether oxygens (including phenoxy) is 1. The van der Waals surface area contributed by atoms with Crippen LogP contribution >= 0.6 is 0 Å². The molecule has 1 aliphatic heterocycles. The van der Waals surface area contributed by atoms with Crippen LogP contribution in [0.5, 0.6) is 0 Å². The van der Waals surface area contributed by atoms with Crippen LogP contribution in [0.4, 0.5) is 0 Å². The SMILES string of the molecule is CCC1=CNCO1. The van der Waals surface area contributed by atoms with Gasteiger partial charge in [0, 0.05) is 12.6 Å². The van der Waals surface area contributed by atoms with Gasteiger partial charge in [0.25, 0.3) is 0 Å². The topological polar surface area (TPSA) is 21.3 Å². The Kier molecular flexibility index (Phi) is 1.20. The highest BCUT2D eigenvalue weighted by atomic mass is 16.5. The summed E-state index contributed by atoms with van der Waals surface area (Å²) in [5.41, 5.74) is 0. The van der Waals surface area contributed by atoms with E-state index in [2.05, 4.69) is 12.2 Å². The van der Waals surface area contributed by atoms with Gasteiger partial charge in [-0.2, -0.15) is 0 Å².